The molecule has 1 N–H and O–H groups in total. The van der Waals surface area contributed by atoms with Crippen LogP contribution in [0.4, 0.5) is 0 Å². The molecule has 1 aromatic carbocycles. The zero-order chi connectivity index (χ0) is 13.9. The fraction of sp³-hybridized carbons (Fsp3) is 0.267. The molecule has 0 radical (unpaired) electrons. The van der Waals surface area contributed by atoms with E-state index < -0.39 is 0 Å². The molecule has 0 aliphatic heterocycles. The van der Waals surface area contributed by atoms with Crippen molar-refractivity contribution in [1.29, 1.82) is 0 Å². The molecule has 5 heteroatoms. The van der Waals surface area contributed by atoms with Crippen molar-refractivity contribution >= 4 is 39.3 Å². The number of nitrogens with zero attached hydrogens (tertiary/aromatic N) is 1. The molecule has 0 amide bonds. The minimum atomic E-state index is 0.692. The maximum atomic E-state index is 6.36. The van der Waals surface area contributed by atoms with Gasteiger partial charge in [-0.15, -0.1) is 0 Å². The van der Waals surface area contributed by atoms with Gasteiger partial charge in [0.1, 0.15) is 5.03 Å². The SMILES string of the molecule is Clc1cccc(CNC2CC2)c1Sc1ccc(Br)cn1. The van der Waals surface area contributed by atoms with Crippen molar-refractivity contribution in [1.82, 2.24) is 10.3 Å². The third-order valence-electron chi connectivity index (χ3n) is 3.11. The molecule has 2 nitrogen and oxygen atoms in total. The van der Waals surface area contributed by atoms with Crippen LogP contribution in [-0.4, -0.2) is 11.0 Å². The first-order valence-electron chi connectivity index (χ1n) is 6.52. The monoisotopic (exact) mass is 368 g/mol. The van der Waals surface area contributed by atoms with Gasteiger partial charge in [0.15, 0.2) is 0 Å². The minimum absolute atomic E-state index is 0.692. The molecular formula is C15H14BrClN2S. The van der Waals surface area contributed by atoms with Gasteiger partial charge in [0.25, 0.3) is 0 Å². The summed E-state index contributed by atoms with van der Waals surface area (Å²) in [7, 11) is 0. The van der Waals surface area contributed by atoms with Gasteiger partial charge in [-0.1, -0.05) is 35.5 Å². The van der Waals surface area contributed by atoms with Crippen LogP contribution >= 0.6 is 39.3 Å². The van der Waals surface area contributed by atoms with Crippen molar-refractivity contribution in [2.75, 3.05) is 0 Å². The highest BCUT2D eigenvalue weighted by Crippen LogP contribution is 2.35. The number of aromatic nitrogens is 1. The molecular weight excluding hydrogens is 356 g/mol. The topological polar surface area (TPSA) is 24.9 Å². The molecule has 1 aliphatic rings. The van der Waals surface area contributed by atoms with E-state index in [-0.39, 0.29) is 0 Å². The van der Waals surface area contributed by atoms with Gasteiger partial charge in [-0.3, -0.25) is 0 Å². The highest BCUT2D eigenvalue weighted by molar-refractivity contribution is 9.10. The smallest absolute Gasteiger partial charge is 0.101 e. The Morgan fingerprint density at radius 2 is 2.15 bits per heavy atom. The Bertz CT molecular complexity index is 599. The van der Waals surface area contributed by atoms with Crippen molar-refractivity contribution in [2.45, 2.75) is 35.3 Å². The summed E-state index contributed by atoms with van der Waals surface area (Å²) in [6, 6.07) is 10.7. The van der Waals surface area contributed by atoms with E-state index in [0.29, 0.717) is 6.04 Å². The average Bonchev–Trinajstić information content (AvgIpc) is 3.26. The molecule has 1 aliphatic carbocycles. The molecule has 104 valence electrons. The summed E-state index contributed by atoms with van der Waals surface area (Å²) in [5.41, 5.74) is 1.24. The summed E-state index contributed by atoms with van der Waals surface area (Å²) in [6.07, 6.45) is 4.38. The van der Waals surface area contributed by atoms with Gasteiger partial charge in [-0.25, -0.2) is 4.98 Å². The van der Waals surface area contributed by atoms with Crippen LogP contribution in [0.15, 0.2) is 50.9 Å². The molecule has 1 fully saturated rings. The van der Waals surface area contributed by atoms with Gasteiger partial charge in [-0.05, 0) is 52.5 Å². The molecule has 1 aromatic heterocycles. The lowest BCUT2D eigenvalue weighted by Crippen LogP contribution is -2.15. The molecule has 0 bridgehead atoms. The summed E-state index contributed by atoms with van der Waals surface area (Å²) in [5, 5.41) is 5.28. The maximum absolute atomic E-state index is 6.36. The molecule has 0 saturated heterocycles. The number of nitrogens with one attached hydrogen (secondary N) is 1. The van der Waals surface area contributed by atoms with Crippen LogP contribution in [0.2, 0.25) is 5.02 Å². The minimum Gasteiger partial charge on any atom is -0.310 e. The first-order valence-corrected chi connectivity index (χ1v) is 8.51. The molecule has 1 heterocycles. The maximum Gasteiger partial charge on any atom is 0.101 e. The number of hydrogen-bond acceptors (Lipinski definition) is 3. The molecule has 20 heavy (non-hydrogen) atoms. The van der Waals surface area contributed by atoms with Gasteiger partial charge in [0.2, 0.25) is 0 Å². The van der Waals surface area contributed by atoms with Gasteiger partial charge in [-0.2, -0.15) is 0 Å². The lowest BCUT2D eigenvalue weighted by Gasteiger charge is -2.11. The second kappa shape index (κ2) is 6.48. The van der Waals surface area contributed by atoms with E-state index in [1.54, 1.807) is 18.0 Å². The number of halogens is 2. The summed E-state index contributed by atoms with van der Waals surface area (Å²) in [4.78, 5) is 5.49. The van der Waals surface area contributed by atoms with Gasteiger partial charge >= 0.3 is 0 Å². The van der Waals surface area contributed by atoms with Crippen LogP contribution in [-0.2, 0) is 6.54 Å². The summed E-state index contributed by atoms with van der Waals surface area (Å²) in [6.45, 7) is 0.865. The van der Waals surface area contributed by atoms with E-state index in [0.717, 1.165) is 26.0 Å². The Kier molecular flexibility index (Phi) is 4.66. The predicted molar refractivity (Wildman–Crippen MR) is 87.4 cm³/mol. The van der Waals surface area contributed by atoms with Crippen LogP contribution in [0.5, 0.6) is 0 Å². The Balaban J connectivity index is 1.80. The Morgan fingerprint density at radius 1 is 1.30 bits per heavy atom. The van der Waals surface area contributed by atoms with Gasteiger partial charge in [0, 0.05) is 28.2 Å². The molecule has 0 spiro atoms. The lowest BCUT2D eigenvalue weighted by atomic mass is 10.2. The second-order valence-electron chi connectivity index (χ2n) is 4.80. The van der Waals surface area contributed by atoms with Crippen LogP contribution in [0.25, 0.3) is 0 Å². The van der Waals surface area contributed by atoms with Crippen molar-refractivity contribution in [3.63, 3.8) is 0 Å². The van der Waals surface area contributed by atoms with Gasteiger partial charge in [0.05, 0.1) is 5.02 Å². The largest absolute Gasteiger partial charge is 0.310 e. The number of pyridine rings is 1. The quantitative estimate of drug-likeness (QED) is 0.811. The average molecular weight is 370 g/mol. The summed E-state index contributed by atoms with van der Waals surface area (Å²) in [5.74, 6) is 0. The number of rotatable bonds is 5. The van der Waals surface area contributed by atoms with Crippen molar-refractivity contribution < 1.29 is 0 Å². The highest BCUT2D eigenvalue weighted by atomic mass is 79.9. The third-order valence-corrected chi connectivity index (χ3v) is 5.15. The van der Waals surface area contributed by atoms with E-state index in [2.05, 4.69) is 32.3 Å². The first-order chi connectivity index (χ1) is 9.72. The first kappa shape index (κ1) is 14.4. The highest BCUT2D eigenvalue weighted by Gasteiger charge is 2.21. The Hall–Kier alpha value is -0.550. The van der Waals surface area contributed by atoms with E-state index in [4.69, 9.17) is 11.6 Å². The number of benzene rings is 1. The summed E-state index contributed by atoms with van der Waals surface area (Å²) >= 11 is 11.4. The zero-order valence-electron chi connectivity index (χ0n) is 10.8. The van der Waals surface area contributed by atoms with Crippen molar-refractivity contribution in [3.05, 3.63) is 51.6 Å². The number of hydrogen-bond donors (Lipinski definition) is 1. The fourth-order valence-electron chi connectivity index (χ4n) is 1.88. The van der Waals surface area contributed by atoms with E-state index in [1.807, 2.05) is 24.3 Å². The molecule has 3 rings (SSSR count). The van der Waals surface area contributed by atoms with Crippen LogP contribution in [0.3, 0.4) is 0 Å². The Morgan fingerprint density at radius 3 is 2.85 bits per heavy atom. The standard InChI is InChI=1S/C15H14BrClN2S/c16-11-4-7-14(19-9-11)20-15-10(2-1-3-13(15)17)8-18-12-5-6-12/h1-4,7,9,12,18H,5-6,8H2. The van der Waals surface area contributed by atoms with Gasteiger partial charge < -0.3 is 5.32 Å². The van der Waals surface area contributed by atoms with Crippen LogP contribution in [0.1, 0.15) is 18.4 Å². The predicted octanol–water partition coefficient (Wildman–Crippen LogP) is 4.90. The summed E-state index contributed by atoms with van der Waals surface area (Å²) < 4.78 is 0.983. The second-order valence-corrected chi connectivity index (χ2v) is 7.15. The van der Waals surface area contributed by atoms with Crippen LogP contribution in [0, 0.1) is 0 Å². The van der Waals surface area contributed by atoms with E-state index in [1.165, 1.54) is 18.4 Å². The molecule has 2 aromatic rings. The van der Waals surface area contributed by atoms with Crippen molar-refractivity contribution in [3.8, 4) is 0 Å². The molecule has 1 saturated carbocycles. The molecule has 0 atom stereocenters. The van der Waals surface area contributed by atoms with Crippen molar-refractivity contribution in [2.24, 2.45) is 0 Å². The fourth-order valence-corrected chi connectivity index (χ4v) is 3.31. The van der Waals surface area contributed by atoms with Crippen LogP contribution < -0.4 is 5.32 Å². The van der Waals surface area contributed by atoms with E-state index >= 15 is 0 Å². The van der Waals surface area contributed by atoms with E-state index in [9.17, 15) is 0 Å². The normalized spacial score (nSPS) is 14.5. The third kappa shape index (κ3) is 3.76. The Labute approximate surface area is 136 Å². The zero-order valence-corrected chi connectivity index (χ0v) is 13.9. The molecule has 0 unspecified atom stereocenters. The lowest BCUT2D eigenvalue weighted by molar-refractivity contribution is 0.680.